The number of unbranched alkanes of at least 4 members (excludes halogenated alkanes) is 15. The highest BCUT2D eigenvalue weighted by Crippen LogP contribution is 2.13. The maximum Gasteiger partial charge on any atom is 0.267 e. The van der Waals surface area contributed by atoms with Crippen molar-refractivity contribution in [3.8, 4) is 0 Å². The number of hydrogen-bond donors (Lipinski definition) is 4. The van der Waals surface area contributed by atoms with E-state index in [0.717, 1.165) is 51.4 Å². The van der Waals surface area contributed by atoms with Gasteiger partial charge in [-0.1, -0.05) is 140 Å². The molecule has 0 bridgehead atoms. The average Bonchev–Trinajstić information content (AvgIpc) is 2.96. The van der Waals surface area contributed by atoms with Crippen LogP contribution in [0.15, 0.2) is 48.6 Å². The maximum atomic E-state index is 12.5. The number of carbonyl (C=O) groups excluding carboxylic acids is 1. The molecule has 0 saturated heterocycles. The Morgan fingerprint density at radius 2 is 1.14 bits per heavy atom. The van der Waals surface area contributed by atoms with E-state index in [4.69, 9.17) is 0 Å². The molecular weight excluding hydrogens is 562 g/mol. The summed E-state index contributed by atoms with van der Waals surface area (Å²) in [6.45, 7) is 4.36. The Kier molecular flexibility index (Phi) is 27.8. The van der Waals surface area contributed by atoms with Crippen molar-refractivity contribution in [1.29, 1.82) is 0 Å². The van der Waals surface area contributed by atoms with Gasteiger partial charge in [0.05, 0.1) is 17.9 Å². The van der Waals surface area contributed by atoms with Crippen LogP contribution in [0.25, 0.3) is 0 Å². The number of aliphatic hydroxyl groups is 2. The molecule has 0 aliphatic heterocycles. The first-order valence-corrected chi connectivity index (χ1v) is 18.6. The van der Waals surface area contributed by atoms with Crippen LogP contribution in [-0.4, -0.2) is 53.1 Å². The van der Waals surface area contributed by atoms with Gasteiger partial charge in [-0.25, -0.2) is 0 Å². The van der Waals surface area contributed by atoms with Gasteiger partial charge in [0.25, 0.3) is 10.1 Å². The number of nitrogens with one attached hydrogen (secondary N) is 1. The van der Waals surface area contributed by atoms with Gasteiger partial charge in [0.2, 0.25) is 5.91 Å². The van der Waals surface area contributed by atoms with Gasteiger partial charge in [0.1, 0.15) is 6.10 Å². The van der Waals surface area contributed by atoms with Crippen LogP contribution in [0, 0.1) is 0 Å². The SMILES string of the molecule is CCCC/C=C/CC/C=C/C(O)C(CS(=O)(=O)O)NC(=O)C(O)CCCCCCCCCCC/C=C\C=C/CCCCC. The van der Waals surface area contributed by atoms with E-state index in [-0.39, 0.29) is 6.42 Å². The van der Waals surface area contributed by atoms with Crippen LogP contribution in [0.1, 0.15) is 142 Å². The van der Waals surface area contributed by atoms with Crippen LogP contribution >= 0.6 is 0 Å². The first kappa shape index (κ1) is 41.3. The molecule has 0 spiro atoms. The standard InChI is InChI=1S/C35H63NO6S/c1-3-5-7-9-11-13-14-15-16-17-18-19-20-21-22-24-26-28-30-34(38)35(39)36-32(31-43(40,41)42)33(37)29-27-25-23-12-10-8-6-4-2/h10-15,27,29,32-34,37-38H,3-9,16-26,28,30-31H2,1-2H3,(H,36,39)(H,40,41,42)/b12-10+,13-11-,15-14-,29-27+. The fraction of sp³-hybridized carbons (Fsp3) is 0.743. The van der Waals surface area contributed by atoms with E-state index in [9.17, 15) is 28.0 Å². The van der Waals surface area contributed by atoms with E-state index in [1.165, 1.54) is 63.9 Å². The van der Waals surface area contributed by atoms with Gasteiger partial charge in [-0.05, 0) is 51.4 Å². The fourth-order valence-corrected chi connectivity index (χ4v) is 5.42. The summed E-state index contributed by atoms with van der Waals surface area (Å²) in [6.07, 6.45) is 34.7. The number of amides is 1. The molecule has 0 rings (SSSR count). The summed E-state index contributed by atoms with van der Waals surface area (Å²) in [6, 6.07) is -1.25. The molecule has 0 aliphatic carbocycles. The van der Waals surface area contributed by atoms with Gasteiger partial charge in [0.15, 0.2) is 0 Å². The van der Waals surface area contributed by atoms with Crippen LogP contribution in [0.3, 0.4) is 0 Å². The second-order valence-corrected chi connectivity index (χ2v) is 13.1. The zero-order chi connectivity index (χ0) is 32.0. The molecule has 0 aromatic carbocycles. The van der Waals surface area contributed by atoms with Crippen LogP contribution in [0.4, 0.5) is 0 Å². The van der Waals surface area contributed by atoms with Crippen LogP contribution in [0.2, 0.25) is 0 Å². The average molecular weight is 626 g/mol. The summed E-state index contributed by atoms with van der Waals surface area (Å²) in [5.41, 5.74) is 0. The Morgan fingerprint density at radius 1 is 0.651 bits per heavy atom. The number of rotatable bonds is 29. The van der Waals surface area contributed by atoms with E-state index >= 15 is 0 Å². The van der Waals surface area contributed by atoms with Crippen LogP contribution < -0.4 is 5.32 Å². The highest BCUT2D eigenvalue weighted by molar-refractivity contribution is 7.85. The molecule has 1 amide bonds. The molecule has 4 N–H and O–H groups in total. The fourth-order valence-electron chi connectivity index (χ4n) is 4.68. The van der Waals surface area contributed by atoms with E-state index in [1.54, 1.807) is 6.08 Å². The van der Waals surface area contributed by atoms with Crippen molar-refractivity contribution in [2.75, 3.05) is 5.75 Å². The van der Waals surface area contributed by atoms with Gasteiger partial charge < -0.3 is 15.5 Å². The van der Waals surface area contributed by atoms with E-state index in [2.05, 4.69) is 55.6 Å². The molecule has 0 saturated carbocycles. The largest absolute Gasteiger partial charge is 0.387 e. The quantitative estimate of drug-likeness (QED) is 0.0288. The topological polar surface area (TPSA) is 124 Å². The lowest BCUT2D eigenvalue weighted by Gasteiger charge is -2.22. The van der Waals surface area contributed by atoms with Crippen molar-refractivity contribution in [2.24, 2.45) is 0 Å². The minimum atomic E-state index is -4.44. The molecule has 8 heteroatoms. The molecule has 0 aromatic heterocycles. The maximum absolute atomic E-state index is 12.5. The van der Waals surface area contributed by atoms with E-state index < -0.39 is 40.0 Å². The van der Waals surface area contributed by atoms with Crippen molar-refractivity contribution >= 4 is 16.0 Å². The van der Waals surface area contributed by atoms with Crippen LogP contribution in [0.5, 0.6) is 0 Å². The minimum Gasteiger partial charge on any atom is -0.387 e. The van der Waals surface area contributed by atoms with Crippen molar-refractivity contribution in [3.05, 3.63) is 48.6 Å². The summed E-state index contributed by atoms with van der Waals surface area (Å²) in [5.74, 6) is -1.57. The van der Waals surface area contributed by atoms with Crippen LogP contribution in [-0.2, 0) is 14.9 Å². The zero-order valence-electron chi connectivity index (χ0n) is 27.2. The minimum absolute atomic E-state index is 0.266. The summed E-state index contributed by atoms with van der Waals surface area (Å²) in [7, 11) is -4.44. The predicted octanol–water partition coefficient (Wildman–Crippen LogP) is 8.15. The number of allylic oxidation sites excluding steroid dienone is 7. The monoisotopic (exact) mass is 625 g/mol. The molecule has 0 fully saturated rings. The summed E-state index contributed by atoms with van der Waals surface area (Å²) in [5, 5.41) is 23.1. The first-order chi connectivity index (χ1) is 20.7. The number of carbonyl (C=O) groups is 1. The highest BCUT2D eigenvalue weighted by Gasteiger charge is 2.27. The molecular formula is C35H63NO6S. The van der Waals surface area contributed by atoms with Crippen molar-refractivity contribution in [1.82, 2.24) is 5.32 Å². The molecule has 250 valence electrons. The number of aliphatic hydroxyl groups excluding tert-OH is 2. The molecule has 3 unspecified atom stereocenters. The number of hydrogen-bond acceptors (Lipinski definition) is 5. The molecule has 0 aromatic rings. The Hall–Kier alpha value is -1.74. The Bertz CT molecular complexity index is 881. The Balaban J connectivity index is 4.09. The van der Waals surface area contributed by atoms with Crippen molar-refractivity contribution in [3.63, 3.8) is 0 Å². The van der Waals surface area contributed by atoms with Gasteiger partial charge in [-0.15, -0.1) is 0 Å². The lowest BCUT2D eigenvalue weighted by molar-refractivity contribution is -0.130. The molecule has 0 aliphatic rings. The van der Waals surface area contributed by atoms with Gasteiger partial charge in [-0.2, -0.15) is 8.42 Å². The smallest absolute Gasteiger partial charge is 0.267 e. The molecule has 3 atom stereocenters. The Labute approximate surface area is 263 Å². The van der Waals surface area contributed by atoms with Crippen molar-refractivity contribution in [2.45, 2.75) is 161 Å². The van der Waals surface area contributed by atoms with E-state index in [1.807, 2.05) is 0 Å². The normalized spacial score (nSPS) is 14.8. The summed E-state index contributed by atoms with van der Waals surface area (Å²) >= 11 is 0. The highest BCUT2D eigenvalue weighted by atomic mass is 32.2. The van der Waals surface area contributed by atoms with E-state index in [0.29, 0.717) is 12.8 Å². The predicted molar refractivity (Wildman–Crippen MR) is 181 cm³/mol. The summed E-state index contributed by atoms with van der Waals surface area (Å²) < 4.78 is 32.2. The third-order valence-electron chi connectivity index (χ3n) is 7.36. The lowest BCUT2D eigenvalue weighted by atomic mass is 10.0. The molecule has 7 nitrogen and oxygen atoms in total. The van der Waals surface area contributed by atoms with Gasteiger partial charge in [-0.3, -0.25) is 9.35 Å². The molecule has 0 heterocycles. The third-order valence-corrected chi connectivity index (χ3v) is 8.14. The third kappa shape index (κ3) is 28.8. The lowest BCUT2D eigenvalue weighted by Crippen LogP contribution is -2.50. The first-order valence-electron chi connectivity index (χ1n) is 17.0. The van der Waals surface area contributed by atoms with Gasteiger partial charge in [0, 0.05) is 0 Å². The summed E-state index contributed by atoms with van der Waals surface area (Å²) in [4.78, 5) is 12.5. The Morgan fingerprint density at radius 3 is 1.72 bits per heavy atom. The van der Waals surface area contributed by atoms with Gasteiger partial charge >= 0.3 is 0 Å². The molecule has 0 radical (unpaired) electrons. The second-order valence-electron chi connectivity index (χ2n) is 11.6. The zero-order valence-corrected chi connectivity index (χ0v) is 28.0. The van der Waals surface area contributed by atoms with Crippen molar-refractivity contribution < 1.29 is 28.0 Å². The molecule has 43 heavy (non-hydrogen) atoms. The second kappa shape index (κ2) is 29.0.